The van der Waals surface area contributed by atoms with Crippen LogP contribution in [0, 0.1) is 6.92 Å². The highest BCUT2D eigenvalue weighted by atomic mass is 79.9. The highest BCUT2D eigenvalue weighted by molar-refractivity contribution is 9.10. The van der Waals surface area contributed by atoms with Crippen molar-refractivity contribution < 1.29 is 9.90 Å². The molecule has 0 aliphatic rings. The maximum Gasteiger partial charge on any atom is 0.291 e. The Morgan fingerprint density at radius 3 is 2.69 bits per heavy atom. The molecule has 1 amide bonds. The minimum atomic E-state index is -0.448. The fourth-order valence-electron chi connectivity index (χ4n) is 2.44. The predicted octanol–water partition coefficient (Wildman–Crippen LogP) is 3.38. The molecule has 0 radical (unpaired) electrons. The summed E-state index contributed by atoms with van der Waals surface area (Å²) in [7, 11) is 0. The summed E-state index contributed by atoms with van der Waals surface area (Å²) >= 11 is 9.66. The summed E-state index contributed by atoms with van der Waals surface area (Å²) in [6, 6.07) is 13.1. The number of aliphatic hydroxyl groups excluding tert-OH is 1. The number of hydrogen-bond donors (Lipinski definition) is 2. The van der Waals surface area contributed by atoms with Crippen LogP contribution in [0.15, 0.2) is 46.9 Å². The van der Waals surface area contributed by atoms with E-state index in [0.717, 1.165) is 21.3 Å². The van der Waals surface area contributed by atoms with Gasteiger partial charge in [0.05, 0.1) is 12.3 Å². The number of halogens is 2. The van der Waals surface area contributed by atoms with Gasteiger partial charge in [0.25, 0.3) is 5.91 Å². The number of carbonyl (C=O) groups excluding carboxylic acids is 1. The van der Waals surface area contributed by atoms with E-state index in [0.29, 0.717) is 10.8 Å². The third kappa shape index (κ3) is 3.80. The Morgan fingerprint density at radius 1 is 1.27 bits per heavy atom. The molecule has 3 rings (SSSR count). The Bertz CT molecular complexity index is 941. The molecule has 0 atom stereocenters. The number of carbonyl (C=O) groups is 1. The summed E-state index contributed by atoms with van der Waals surface area (Å²) in [5.41, 5.74) is 2.38. The molecule has 0 aliphatic carbocycles. The maximum absolute atomic E-state index is 12.2. The molecule has 0 saturated heterocycles. The van der Waals surface area contributed by atoms with Crippen molar-refractivity contribution in [3.8, 4) is 17.1 Å². The zero-order valence-electron chi connectivity index (χ0n) is 13.9. The van der Waals surface area contributed by atoms with Crippen molar-refractivity contribution in [2.75, 3.05) is 13.2 Å². The number of aliphatic hydroxyl groups is 1. The van der Waals surface area contributed by atoms with Crippen LogP contribution in [-0.4, -0.2) is 38.9 Å². The standard InChI is InChI=1S/C18H16BrClN4O2/c1-11-14(20)3-2-4-15(11)24-17(12-5-7-13(19)8-6-12)22-16(23-24)18(26)21-9-10-25/h2-8,25H,9-10H2,1H3,(H,21,26). The average Bonchev–Trinajstić information content (AvgIpc) is 3.08. The van der Waals surface area contributed by atoms with E-state index in [9.17, 15) is 4.79 Å². The van der Waals surface area contributed by atoms with Gasteiger partial charge in [0, 0.05) is 21.6 Å². The van der Waals surface area contributed by atoms with Crippen molar-refractivity contribution in [1.29, 1.82) is 0 Å². The van der Waals surface area contributed by atoms with Gasteiger partial charge in [-0.25, -0.2) is 9.67 Å². The number of hydrogen-bond acceptors (Lipinski definition) is 4. The lowest BCUT2D eigenvalue weighted by atomic mass is 10.1. The minimum absolute atomic E-state index is 0.0238. The highest BCUT2D eigenvalue weighted by Gasteiger charge is 2.20. The summed E-state index contributed by atoms with van der Waals surface area (Å²) in [6.07, 6.45) is 0. The number of amides is 1. The first-order valence-corrected chi connectivity index (χ1v) is 9.06. The lowest BCUT2D eigenvalue weighted by Gasteiger charge is -2.10. The van der Waals surface area contributed by atoms with E-state index in [4.69, 9.17) is 16.7 Å². The number of benzene rings is 2. The largest absolute Gasteiger partial charge is 0.395 e. The summed E-state index contributed by atoms with van der Waals surface area (Å²) in [6.45, 7) is 1.87. The molecular formula is C18H16BrClN4O2. The lowest BCUT2D eigenvalue weighted by Crippen LogP contribution is -2.27. The van der Waals surface area contributed by atoms with Gasteiger partial charge in [0.15, 0.2) is 5.82 Å². The number of rotatable bonds is 5. The van der Waals surface area contributed by atoms with Crippen LogP contribution in [0.5, 0.6) is 0 Å². The molecule has 8 heteroatoms. The first kappa shape index (κ1) is 18.6. The van der Waals surface area contributed by atoms with Gasteiger partial charge in [-0.15, -0.1) is 5.10 Å². The van der Waals surface area contributed by atoms with Gasteiger partial charge in [0.2, 0.25) is 5.82 Å². The van der Waals surface area contributed by atoms with E-state index in [-0.39, 0.29) is 19.0 Å². The second kappa shape index (κ2) is 7.99. The van der Waals surface area contributed by atoms with Gasteiger partial charge in [0.1, 0.15) is 0 Å². The van der Waals surface area contributed by atoms with E-state index in [1.54, 1.807) is 10.7 Å². The molecule has 2 N–H and O–H groups in total. The van der Waals surface area contributed by atoms with Crippen molar-refractivity contribution in [3.05, 3.63) is 63.3 Å². The zero-order valence-corrected chi connectivity index (χ0v) is 16.3. The van der Waals surface area contributed by atoms with Gasteiger partial charge in [-0.2, -0.15) is 0 Å². The van der Waals surface area contributed by atoms with Crippen LogP contribution in [0.25, 0.3) is 17.1 Å². The normalized spacial score (nSPS) is 10.8. The van der Waals surface area contributed by atoms with Crippen molar-refractivity contribution >= 4 is 33.4 Å². The van der Waals surface area contributed by atoms with Gasteiger partial charge >= 0.3 is 0 Å². The van der Waals surface area contributed by atoms with Crippen LogP contribution in [0.4, 0.5) is 0 Å². The van der Waals surface area contributed by atoms with Crippen LogP contribution < -0.4 is 5.32 Å². The highest BCUT2D eigenvalue weighted by Crippen LogP contribution is 2.27. The zero-order chi connectivity index (χ0) is 18.7. The van der Waals surface area contributed by atoms with Gasteiger partial charge in [-0.3, -0.25) is 4.79 Å². The van der Waals surface area contributed by atoms with Crippen molar-refractivity contribution in [3.63, 3.8) is 0 Å². The second-order valence-corrected chi connectivity index (χ2v) is 6.86. The molecule has 0 spiro atoms. The van der Waals surface area contributed by atoms with Crippen LogP contribution in [-0.2, 0) is 0 Å². The van der Waals surface area contributed by atoms with E-state index in [1.165, 1.54) is 0 Å². The summed E-state index contributed by atoms with van der Waals surface area (Å²) in [5, 5.41) is 16.4. The number of nitrogens with one attached hydrogen (secondary N) is 1. The molecule has 0 fully saturated rings. The molecule has 0 bridgehead atoms. The van der Waals surface area contributed by atoms with Crippen molar-refractivity contribution in [2.45, 2.75) is 6.92 Å². The minimum Gasteiger partial charge on any atom is -0.395 e. The van der Waals surface area contributed by atoms with Crippen LogP contribution >= 0.6 is 27.5 Å². The number of nitrogens with zero attached hydrogens (tertiary/aromatic N) is 3. The van der Waals surface area contributed by atoms with Crippen molar-refractivity contribution in [2.24, 2.45) is 0 Å². The SMILES string of the molecule is Cc1c(Cl)cccc1-n1nc(C(=O)NCCO)nc1-c1ccc(Br)cc1. The van der Waals surface area contributed by atoms with Gasteiger partial charge in [-0.1, -0.05) is 45.7 Å². The molecule has 134 valence electrons. The maximum atomic E-state index is 12.2. The third-order valence-corrected chi connectivity index (χ3v) is 4.72. The van der Waals surface area contributed by atoms with Crippen LogP contribution in [0.1, 0.15) is 16.2 Å². The molecule has 0 aliphatic heterocycles. The Labute approximate surface area is 164 Å². The third-order valence-electron chi connectivity index (χ3n) is 3.78. The summed E-state index contributed by atoms with van der Waals surface area (Å²) in [4.78, 5) is 16.7. The fraction of sp³-hybridized carbons (Fsp3) is 0.167. The Morgan fingerprint density at radius 2 is 2.00 bits per heavy atom. The average molecular weight is 436 g/mol. The first-order chi connectivity index (χ1) is 12.5. The lowest BCUT2D eigenvalue weighted by molar-refractivity contribution is 0.0934. The van der Waals surface area contributed by atoms with Crippen molar-refractivity contribution in [1.82, 2.24) is 20.1 Å². The van der Waals surface area contributed by atoms with Crippen LogP contribution in [0.2, 0.25) is 5.02 Å². The summed E-state index contributed by atoms with van der Waals surface area (Å²) < 4.78 is 2.55. The smallest absolute Gasteiger partial charge is 0.291 e. The molecule has 1 aromatic heterocycles. The monoisotopic (exact) mass is 434 g/mol. The summed E-state index contributed by atoms with van der Waals surface area (Å²) in [5.74, 6) is 0.101. The van der Waals surface area contributed by atoms with E-state index >= 15 is 0 Å². The molecule has 3 aromatic rings. The van der Waals surface area contributed by atoms with E-state index in [2.05, 4.69) is 31.3 Å². The quantitative estimate of drug-likeness (QED) is 0.644. The molecule has 2 aromatic carbocycles. The Hall–Kier alpha value is -2.22. The molecule has 0 saturated carbocycles. The van der Waals surface area contributed by atoms with Gasteiger partial charge < -0.3 is 10.4 Å². The fourth-order valence-corrected chi connectivity index (χ4v) is 2.87. The predicted molar refractivity (Wildman–Crippen MR) is 104 cm³/mol. The van der Waals surface area contributed by atoms with Gasteiger partial charge in [-0.05, 0) is 36.8 Å². The molecule has 1 heterocycles. The van der Waals surface area contributed by atoms with E-state index < -0.39 is 5.91 Å². The Balaban J connectivity index is 2.14. The molecule has 26 heavy (non-hydrogen) atoms. The molecule has 0 unspecified atom stereocenters. The topological polar surface area (TPSA) is 80.0 Å². The first-order valence-electron chi connectivity index (χ1n) is 7.89. The van der Waals surface area contributed by atoms with E-state index in [1.807, 2.05) is 43.3 Å². The van der Waals surface area contributed by atoms with Crippen LogP contribution in [0.3, 0.4) is 0 Å². The molecule has 6 nitrogen and oxygen atoms in total. The second-order valence-electron chi connectivity index (χ2n) is 5.54. The Kier molecular flexibility index (Phi) is 5.70. The molecular weight excluding hydrogens is 420 g/mol. The number of aromatic nitrogens is 3.